The highest BCUT2D eigenvalue weighted by atomic mass is 32.2. The van der Waals surface area contributed by atoms with Gasteiger partial charge in [-0.15, -0.1) is 11.8 Å². The molecule has 0 radical (unpaired) electrons. The van der Waals surface area contributed by atoms with Crippen LogP contribution in [-0.2, 0) is 4.79 Å². The molecule has 2 aliphatic rings. The molecule has 1 amide bonds. The van der Waals surface area contributed by atoms with Gasteiger partial charge in [0.2, 0.25) is 5.91 Å². The average Bonchev–Trinajstić information content (AvgIpc) is 2.41. The summed E-state index contributed by atoms with van der Waals surface area (Å²) >= 11 is 1.80. The molecule has 0 spiro atoms. The van der Waals surface area contributed by atoms with Crippen molar-refractivity contribution < 1.29 is 4.79 Å². The average molecular weight is 211 g/mol. The molecule has 2 nitrogen and oxygen atoms in total. The molecule has 0 aromatic rings. The quantitative estimate of drug-likeness (QED) is 0.722. The largest absolute Gasteiger partial charge is 0.320 e. The van der Waals surface area contributed by atoms with Crippen LogP contribution in [0, 0.1) is 11.3 Å². The minimum Gasteiger partial charge on any atom is -0.320 e. The maximum Gasteiger partial charge on any atom is 0.235 e. The van der Waals surface area contributed by atoms with Crippen molar-refractivity contribution in [2.45, 2.75) is 33.6 Å². The first-order chi connectivity index (χ1) is 6.56. The van der Waals surface area contributed by atoms with E-state index < -0.39 is 0 Å². The second-order valence-electron chi connectivity index (χ2n) is 4.57. The fourth-order valence-electron chi connectivity index (χ4n) is 2.21. The first kappa shape index (κ1) is 10.1. The zero-order valence-corrected chi connectivity index (χ0v) is 9.83. The molecule has 2 rings (SSSR count). The summed E-state index contributed by atoms with van der Waals surface area (Å²) in [5, 5.41) is 4.18. The number of hydrogen-bond acceptors (Lipinski definition) is 2. The summed E-state index contributed by atoms with van der Waals surface area (Å²) in [6.07, 6.45) is 2.30. The van der Waals surface area contributed by atoms with E-state index in [9.17, 15) is 4.79 Å². The second-order valence-corrected chi connectivity index (χ2v) is 5.68. The number of thioether (sulfide) groups is 1. The molecule has 2 heterocycles. The molecule has 0 aromatic heterocycles. The summed E-state index contributed by atoms with van der Waals surface area (Å²) in [5.74, 6) is 1.73. The van der Waals surface area contributed by atoms with Crippen LogP contribution in [-0.4, -0.2) is 11.7 Å². The Hall–Kier alpha value is -0.440. The summed E-state index contributed by atoms with van der Waals surface area (Å²) in [5.41, 5.74) is 1.11. The molecule has 1 unspecified atom stereocenters. The molecule has 0 aromatic carbocycles. The van der Waals surface area contributed by atoms with Gasteiger partial charge >= 0.3 is 0 Å². The van der Waals surface area contributed by atoms with E-state index in [1.54, 1.807) is 11.8 Å². The maximum absolute atomic E-state index is 11.9. The van der Waals surface area contributed by atoms with Crippen molar-refractivity contribution >= 4 is 17.7 Å². The molecule has 3 heteroatoms. The van der Waals surface area contributed by atoms with Crippen molar-refractivity contribution in [1.82, 2.24) is 5.32 Å². The Morgan fingerprint density at radius 1 is 1.50 bits per heavy atom. The summed E-state index contributed by atoms with van der Waals surface area (Å²) in [4.78, 5) is 11.9. The topological polar surface area (TPSA) is 29.1 Å². The standard InChI is InChI=1S/C11H17NOS/c1-7(2)11(3)8-5-4-6-14-9(8)12-10(11)13/h7H,4-6H2,1-3H3,(H,12,13). The van der Waals surface area contributed by atoms with Gasteiger partial charge in [-0.1, -0.05) is 13.8 Å². The van der Waals surface area contributed by atoms with Crippen LogP contribution in [0.4, 0.5) is 0 Å². The summed E-state index contributed by atoms with van der Waals surface area (Å²) in [7, 11) is 0. The Bertz CT molecular complexity index is 308. The number of amides is 1. The first-order valence-electron chi connectivity index (χ1n) is 5.24. The normalized spacial score (nSPS) is 32.1. The molecule has 2 aliphatic heterocycles. The number of carbonyl (C=O) groups excluding carboxylic acids is 1. The monoisotopic (exact) mass is 211 g/mol. The third-order valence-corrected chi connectivity index (χ3v) is 4.70. The van der Waals surface area contributed by atoms with Gasteiger partial charge in [-0.3, -0.25) is 4.79 Å². The SMILES string of the molecule is CC(C)C1(C)C(=O)NC2=C1CCCS2. The van der Waals surface area contributed by atoms with E-state index in [0.717, 1.165) is 17.2 Å². The zero-order chi connectivity index (χ0) is 10.3. The lowest BCUT2D eigenvalue weighted by molar-refractivity contribution is -0.127. The number of carbonyl (C=O) groups is 1. The van der Waals surface area contributed by atoms with E-state index in [1.165, 1.54) is 12.0 Å². The molecule has 0 saturated heterocycles. The Labute approximate surface area is 89.5 Å². The third-order valence-electron chi connectivity index (χ3n) is 3.57. The lowest BCUT2D eigenvalue weighted by atomic mass is 9.72. The number of nitrogens with one attached hydrogen (secondary N) is 1. The smallest absolute Gasteiger partial charge is 0.235 e. The Balaban J connectivity index is 2.41. The minimum absolute atomic E-state index is 0.201. The zero-order valence-electron chi connectivity index (χ0n) is 9.02. The van der Waals surface area contributed by atoms with Crippen LogP contribution >= 0.6 is 11.8 Å². The molecule has 14 heavy (non-hydrogen) atoms. The van der Waals surface area contributed by atoms with Crippen molar-refractivity contribution in [2.75, 3.05) is 5.75 Å². The van der Waals surface area contributed by atoms with E-state index in [1.807, 2.05) is 0 Å². The predicted octanol–water partition coefficient (Wildman–Crippen LogP) is 2.52. The van der Waals surface area contributed by atoms with Gasteiger partial charge in [-0.25, -0.2) is 0 Å². The van der Waals surface area contributed by atoms with Crippen molar-refractivity contribution in [1.29, 1.82) is 0 Å². The highest BCUT2D eigenvalue weighted by Crippen LogP contribution is 2.48. The Kier molecular flexibility index (Phi) is 2.38. The maximum atomic E-state index is 11.9. The first-order valence-corrected chi connectivity index (χ1v) is 6.23. The molecule has 1 N–H and O–H groups in total. The molecule has 0 bridgehead atoms. The fourth-order valence-corrected chi connectivity index (χ4v) is 3.36. The van der Waals surface area contributed by atoms with Crippen LogP contribution in [0.3, 0.4) is 0 Å². The lowest BCUT2D eigenvalue weighted by Crippen LogP contribution is -2.36. The summed E-state index contributed by atoms with van der Waals surface area (Å²) < 4.78 is 0. The van der Waals surface area contributed by atoms with Gasteiger partial charge in [-0.2, -0.15) is 0 Å². The van der Waals surface area contributed by atoms with Gasteiger partial charge < -0.3 is 5.32 Å². The molecule has 0 saturated carbocycles. The van der Waals surface area contributed by atoms with Crippen LogP contribution in [0.1, 0.15) is 33.6 Å². The van der Waals surface area contributed by atoms with Gasteiger partial charge in [0.05, 0.1) is 10.4 Å². The van der Waals surface area contributed by atoms with Gasteiger partial charge in [0, 0.05) is 0 Å². The second kappa shape index (κ2) is 3.30. The molecule has 0 fully saturated rings. The molecular weight excluding hydrogens is 194 g/mol. The summed E-state index contributed by atoms with van der Waals surface area (Å²) in [6, 6.07) is 0. The van der Waals surface area contributed by atoms with Gasteiger partial charge in [-0.05, 0) is 37.0 Å². The lowest BCUT2D eigenvalue weighted by Gasteiger charge is -2.30. The van der Waals surface area contributed by atoms with E-state index in [2.05, 4.69) is 26.1 Å². The van der Waals surface area contributed by atoms with Crippen LogP contribution in [0.15, 0.2) is 10.6 Å². The Morgan fingerprint density at radius 3 is 2.86 bits per heavy atom. The van der Waals surface area contributed by atoms with E-state index >= 15 is 0 Å². The van der Waals surface area contributed by atoms with Gasteiger partial charge in [0.1, 0.15) is 0 Å². The number of hydrogen-bond donors (Lipinski definition) is 1. The third kappa shape index (κ3) is 1.22. The molecular formula is C11H17NOS. The van der Waals surface area contributed by atoms with Crippen molar-refractivity contribution in [2.24, 2.45) is 11.3 Å². The van der Waals surface area contributed by atoms with Crippen molar-refractivity contribution in [3.05, 3.63) is 10.6 Å². The molecule has 1 atom stereocenters. The summed E-state index contributed by atoms with van der Waals surface area (Å²) in [6.45, 7) is 6.35. The molecule has 0 aliphatic carbocycles. The van der Waals surface area contributed by atoms with E-state index in [0.29, 0.717) is 5.92 Å². The van der Waals surface area contributed by atoms with Crippen molar-refractivity contribution in [3.63, 3.8) is 0 Å². The van der Waals surface area contributed by atoms with Crippen LogP contribution < -0.4 is 5.32 Å². The minimum atomic E-state index is -0.247. The highest BCUT2D eigenvalue weighted by molar-refractivity contribution is 8.03. The van der Waals surface area contributed by atoms with Crippen LogP contribution in [0.2, 0.25) is 0 Å². The van der Waals surface area contributed by atoms with Gasteiger partial charge in [0.15, 0.2) is 0 Å². The van der Waals surface area contributed by atoms with Crippen LogP contribution in [0.25, 0.3) is 0 Å². The Morgan fingerprint density at radius 2 is 2.21 bits per heavy atom. The molecule has 78 valence electrons. The number of rotatable bonds is 1. The van der Waals surface area contributed by atoms with Gasteiger partial charge in [0.25, 0.3) is 0 Å². The van der Waals surface area contributed by atoms with E-state index in [4.69, 9.17) is 0 Å². The van der Waals surface area contributed by atoms with Crippen LogP contribution in [0.5, 0.6) is 0 Å². The van der Waals surface area contributed by atoms with Crippen molar-refractivity contribution in [3.8, 4) is 0 Å². The fraction of sp³-hybridized carbons (Fsp3) is 0.727. The predicted molar refractivity (Wildman–Crippen MR) is 59.8 cm³/mol. The highest BCUT2D eigenvalue weighted by Gasteiger charge is 2.47. The van der Waals surface area contributed by atoms with E-state index in [-0.39, 0.29) is 11.3 Å².